The van der Waals surface area contributed by atoms with Gasteiger partial charge in [-0.05, 0) is 17.7 Å². The average Bonchev–Trinajstić information content (AvgIpc) is 2.66. The Morgan fingerprint density at radius 2 is 1.54 bits per heavy atom. The van der Waals surface area contributed by atoms with Crippen LogP contribution in [0.25, 0.3) is 10.8 Å². The predicted molar refractivity (Wildman–Crippen MR) is 110 cm³/mol. The second-order valence-electron chi connectivity index (χ2n) is 6.68. The zero-order chi connectivity index (χ0) is 20.3. The highest BCUT2D eigenvalue weighted by molar-refractivity contribution is 7.89. The fourth-order valence-electron chi connectivity index (χ4n) is 3.18. The number of anilines is 1. The first-order valence-corrected chi connectivity index (χ1v) is 10.2. The van der Waals surface area contributed by atoms with Crippen LogP contribution in [0.2, 0.25) is 0 Å². The van der Waals surface area contributed by atoms with Crippen LogP contribution in [0.15, 0.2) is 71.6 Å². The van der Waals surface area contributed by atoms with E-state index in [4.69, 9.17) is 0 Å². The minimum absolute atomic E-state index is 0.0147. The summed E-state index contributed by atoms with van der Waals surface area (Å²) in [6, 6.07) is 19.5. The molecule has 7 heteroatoms. The molecule has 0 aliphatic carbocycles. The number of carbonyl (C=O) groups is 1. The SMILES string of the molecule is CN(C)c1cccc2c(S(=O)(=O)N(CC(=O)O)Cc3ccccc3)cccc12. The molecule has 0 saturated heterocycles. The summed E-state index contributed by atoms with van der Waals surface area (Å²) in [6.45, 7) is -0.625. The van der Waals surface area contributed by atoms with Crippen molar-refractivity contribution in [3.8, 4) is 0 Å². The monoisotopic (exact) mass is 398 g/mol. The van der Waals surface area contributed by atoms with Gasteiger partial charge in [-0.15, -0.1) is 0 Å². The maximum absolute atomic E-state index is 13.4. The van der Waals surface area contributed by atoms with Crippen molar-refractivity contribution in [3.63, 3.8) is 0 Å². The van der Waals surface area contributed by atoms with Crippen molar-refractivity contribution in [3.05, 3.63) is 72.3 Å². The van der Waals surface area contributed by atoms with E-state index in [1.54, 1.807) is 42.5 Å². The lowest BCUT2D eigenvalue weighted by molar-refractivity contribution is -0.137. The van der Waals surface area contributed by atoms with Crippen LogP contribution in [0.5, 0.6) is 0 Å². The molecule has 146 valence electrons. The molecule has 0 fully saturated rings. The molecule has 0 heterocycles. The first kappa shape index (κ1) is 19.9. The average molecular weight is 398 g/mol. The molecule has 0 aliphatic heterocycles. The van der Waals surface area contributed by atoms with Gasteiger partial charge in [-0.2, -0.15) is 4.31 Å². The van der Waals surface area contributed by atoms with Crippen molar-refractivity contribution in [1.29, 1.82) is 0 Å². The number of rotatable bonds is 7. The van der Waals surface area contributed by atoms with Crippen LogP contribution in [0, 0.1) is 0 Å². The maximum atomic E-state index is 13.4. The lowest BCUT2D eigenvalue weighted by Crippen LogP contribution is -2.35. The number of aliphatic carboxylic acids is 1. The second-order valence-corrected chi connectivity index (χ2v) is 8.58. The predicted octanol–water partition coefficient (Wildman–Crippen LogP) is 3.18. The Labute approximate surface area is 164 Å². The molecule has 28 heavy (non-hydrogen) atoms. The largest absolute Gasteiger partial charge is 0.480 e. The first-order valence-electron chi connectivity index (χ1n) is 8.75. The summed E-state index contributed by atoms with van der Waals surface area (Å²) in [5, 5.41) is 10.7. The third-order valence-electron chi connectivity index (χ3n) is 4.47. The molecule has 0 spiro atoms. The number of carboxylic acid groups (broad SMARTS) is 1. The quantitative estimate of drug-likeness (QED) is 0.661. The minimum atomic E-state index is -4.03. The Morgan fingerprint density at radius 3 is 2.18 bits per heavy atom. The van der Waals surface area contributed by atoms with Crippen molar-refractivity contribution in [2.75, 3.05) is 25.5 Å². The van der Waals surface area contributed by atoms with Crippen LogP contribution < -0.4 is 4.90 Å². The molecular weight excluding hydrogens is 376 g/mol. The van der Waals surface area contributed by atoms with Crippen molar-refractivity contribution in [2.24, 2.45) is 0 Å². The molecule has 0 aliphatic rings. The van der Waals surface area contributed by atoms with E-state index < -0.39 is 22.5 Å². The second kappa shape index (κ2) is 8.00. The Kier molecular flexibility index (Phi) is 5.67. The number of hydrogen-bond acceptors (Lipinski definition) is 4. The topological polar surface area (TPSA) is 77.9 Å². The highest BCUT2D eigenvalue weighted by Gasteiger charge is 2.28. The number of hydrogen-bond donors (Lipinski definition) is 1. The summed E-state index contributed by atoms with van der Waals surface area (Å²) in [6.07, 6.45) is 0. The molecule has 3 rings (SSSR count). The fraction of sp³-hybridized carbons (Fsp3) is 0.190. The molecule has 0 bridgehead atoms. The summed E-state index contributed by atoms with van der Waals surface area (Å²) < 4.78 is 27.8. The summed E-state index contributed by atoms with van der Waals surface area (Å²) in [7, 11) is -0.247. The van der Waals surface area contributed by atoms with Crippen molar-refractivity contribution in [2.45, 2.75) is 11.4 Å². The molecule has 0 saturated carbocycles. The van der Waals surface area contributed by atoms with Crippen LogP contribution in [0.1, 0.15) is 5.56 Å². The third kappa shape index (κ3) is 4.00. The number of fused-ring (bicyclic) bond motifs is 1. The Morgan fingerprint density at radius 1 is 0.893 bits per heavy atom. The first-order chi connectivity index (χ1) is 13.3. The van der Waals surface area contributed by atoms with Crippen LogP contribution in [-0.4, -0.2) is 44.4 Å². The van der Waals surface area contributed by atoms with Crippen LogP contribution in [0.3, 0.4) is 0 Å². The third-order valence-corrected chi connectivity index (χ3v) is 6.32. The van der Waals surface area contributed by atoms with Gasteiger partial charge in [-0.3, -0.25) is 4.79 Å². The molecule has 0 aromatic heterocycles. The number of carboxylic acids is 1. The van der Waals surface area contributed by atoms with Gasteiger partial charge in [0.15, 0.2) is 0 Å². The van der Waals surface area contributed by atoms with Crippen molar-refractivity contribution in [1.82, 2.24) is 4.31 Å². The Hall–Kier alpha value is -2.90. The van der Waals surface area contributed by atoms with Crippen molar-refractivity contribution >= 4 is 32.5 Å². The normalized spacial score (nSPS) is 11.7. The molecule has 1 N–H and O–H groups in total. The van der Waals surface area contributed by atoms with Gasteiger partial charge >= 0.3 is 5.97 Å². The van der Waals surface area contributed by atoms with Crippen LogP contribution in [0.4, 0.5) is 5.69 Å². The van der Waals surface area contributed by atoms with E-state index in [-0.39, 0.29) is 11.4 Å². The standard InChI is InChI=1S/C21H22N2O4S/c1-22(2)19-12-6-11-18-17(19)10-7-13-20(18)28(26,27)23(15-21(24)25)14-16-8-4-3-5-9-16/h3-13H,14-15H2,1-2H3,(H,24,25). The van der Waals surface area contributed by atoms with Gasteiger partial charge in [0, 0.05) is 37.1 Å². The molecule has 0 atom stereocenters. The van der Waals surface area contributed by atoms with Gasteiger partial charge in [0.1, 0.15) is 6.54 Å². The van der Waals surface area contributed by atoms with E-state index in [2.05, 4.69) is 0 Å². The maximum Gasteiger partial charge on any atom is 0.318 e. The number of benzene rings is 3. The van der Waals surface area contributed by atoms with Gasteiger partial charge in [0.05, 0.1) is 4.90 Å². The van der Waals surface area contributed by atoms with E-state index >= 15 is 0 Å². The van der Waals surface area contributed by atoms with Crippen LogP contribution in [-0.2, 0) is 21.4 Å². The van der Waals surface area contributed by atoms with Gasteiger partial charge in [0.25, 0.3) is 0 Å². The molecular formula is C21H22N2O4S. The number of sulfonamides is 1. The lowest BCUT2D eigenvalue weighted by Gasteiger charge is -2.22. The Bertz CT molecular complexity index is 1100. The van der Waals surface area contributed by atoms with E-state index in [9.17, 15) is 18.3 Å². The summed E-state index contributed by atoms with van der Waals surface area (Å²) in [4.78, 5) is 13.4. The number of nitrogens with zero attached hydrogens (tertiary/aromatic N) is 2. The molecule has 0 amide bonds. The molecule has 6 nitrogen and oxygen atoms in total. The minimum Gasteiger partial charge on any atom is -0.480 e. The van der Waals surface area contributed by atoms with E-state index in [0.29, 0.717) is 5.39 Å². The zero-order valence-corrected chi connectivity index (χ0v) is 16.6. The van der Waals surface area contributed by atoms with Gasteiger partial charge in [-0.25, -0.2) is 8.42 Å². The summed E-state index contributed by atoms with van der Waals surface area (Å²) in [5.41, 5.74) is 1.61. The summed E-state index contributed by atoms with van der Waals surface area (Å²) >= 11 is 0. The van der Waals surface area contributed by atoms with Crippen molar-refractivity contribution < 1.29 is 18.3 Å². The molecule has 3 aromatic carbocycles. The van der Waals surface area contributed by atoms with E-state index in [1.807, 2.05) is 37.2 Å². The zero-order valence-electron chi connectivity index (χ0n) is 15.7. The molecule has 0 radical (unpaired) electrons. The Balaban J connectivity index is 2.13. The highest BCUT2D eigenvalue weighted by Crippen LogP contribution is 2.32. The highest BCUT2D eigenvalue weighted by atomic mass is 32.2. The smallest absolute Gasteiger partial charge is 0.318 e. The van der Waals surface area contributed by atoms with Gasteiger partial charge in [-0.1, -0.05) is 54.6 Å². The van der Waals surface area contributed by atoms with Gasteiger partial charge in [0.2, 0.25) is 10.0 Å². The van der Waals surface area contributed by atoms with E-state index in [1.165, 1.54) is 6.07 Å². The fourth-order valence-corrected chi connectivity index (χ4v) is 4.77. The molecule has 0 unspecified atom stereocenters. The lowest BCUT2D eigenvalue weighted by atomic mass is 10.1. The summed E-state index contributed by atoms with van der Waals surface area (Å²) in [5.74, 6) is -1.20. The molecule has 3 aromatic rings. The van der Waals surface area contributed by atoms with E-state index in [0.717, 1.165) is 20.9 Å². The van der Waals surface area contributed by atoms with Gasteiger partial charge < -0.3 is 10.0 Å². The van der Waals surface area contributed by atoms with Crippen LogP contribution >= 0.6 is 0 Å².